The molecule has 0 bridgehead atoms. The van der Waals surface area contributed by atoms with E-state index in [1.54, 1.807) is 24.3 Å². The van der Waals surface area contributed by atoms with Gasteiger partial charge < -0.3 is 10.2 Å². The summed E-state index contributed by atoms with van der Waals surface area (Å²) in [4.78, 5) is 27.7. The Balaban J connectivity index is 2.22. The van der Waals surface area contributed by atoms with Gasteiger partial charge in [-0.3, -0.25) is 13.9 Å². The number of nitrogens with zero attached hydrogens (tertiary/aromatic N) is 2. The highest BCUT2D eigenvalue weighted by molar-refractivity contribution is 7.92. The Morgan fingerprint density at radius 3 is 2.23 bits per heavy atom. The van der Waals surface area contributed by atoms with Crippen molar-refractivity contribution >= 4 is 27.5 Å². The van der Waals surface area contributed by atoms with E-state index in [0.29, 0.717) is 17.7 Å². The molecule has 0 aliphatic heterocycles. The van der Waals surface area contributed by atoms with Crippen LogP contribution in [-0.2, 0) is 26.2 Å². The minimum atomic E-state index is -3.55. The monoisotopic (exact) mass is 505 g/mol. The number of sulfonamides is 1. The lowest BCUT2D eigenvalue weighted by Gasteiger charge is -2.31. The largest absolute Gasteiger partial charge is 0.352 e. The number of amides is 2. The molecule has 0 saturated heterocycles. The van der Waals surface area contributed by atoms with Gasteiger partial charge in [0.2, 0.25) is 21.8 Å². The van der Waals surface area contributed by atoms with Crippen LogP contribution < -0.4 is 9.62 Å². The zero-order valence-electron chi connectivity index (χ0n) is 21.1. The number of nitrogens with one attached hydrogen (secondary N) is 1. The molecule has 0 unspecified atom stereocenters. The summed E-state index contributed by atoms with van der Waals surface area (Å²) in [7, 11) is -3.55. The van der Waals surface area contributed by atoms with Crippen molar-refractivity contribution in [1.82, 2.24) is 10.2 Å². The molecule has 0 heterocycles. The third-order valence-corrected chi connectivity index (χ3v) is 6.80. The third kappa shape index (κ3) is 8.35. The van der Waals surface area contributed by atoms with Crippen LogP contribution in [0.25, 0.3) is 0 Å². The van der Waals surface area contributed by atoms with Crippen molar-refractivity contribution in [3.63, 3.8) is 0 Å². The van der Waals surface area contributed by atoms with Gasteiger partial charge in [-0.05, 0) is 62.9 Å². The van der Waals surface area contributed by atoms with Crippen LogP contribution in [0, 0.1) is 12.7 Å². The van der Waals surface area contributed by atoms with Gasteiger partial charge in [-0.25, -0.2) is 12.8 Å². The number of halogens is 1. The van der Waals surface area contributed by atoms with E-state index in [-0.39, 0.29) is 49.6 Å². The van der Waals surface area contributed by atoms with Crippen molar-refractivity contribution in [3.8, 4) is 0 Å². The second kappa shape index (κ2) is 12.7. The summed E-state index contributed by atoms with van der Waals surface area (Å²) in [5, 5.41) is 2.87. The fourth-order valence-electron chi connectivity index (χ4n) is 3.91. The molecule has 2 amide bonds. The van der Waals surface area contributed by atoms with E-state index < -0.39 is 16.1 Å². The quantitative estimate of drug-likeness (QED) is 0.472. The number of carbonyl (C=O) groups is 2. The van der Waals surface area contributed by atoms with Crippen LogP contribution in [0.15, 0.2) is 48.5 Å². The molecule has 192 valence electrons. The summed E-state index contributed by atoms with van der Waals surface area (Å²) in [5.41, 5.74) is 2.10. The van der Waals surface area contributed by atoms with Crippen LogP contribution in [0.3, 0.4) is 0 Å². The minimum Gasteiger partial charge on any atom is -0.352 e. The number of carbonyl (C=O) groups excluding carboxylic acids is 2. The van der Waals surface area contributed by atoms with Gasteiger partial charge in [0.1, 0.15) is 11.9 Å². The lowest BCUT2D eigenvalue weighted by molar-refractivity contribution is -0.141. The molecule has 0 radical (unpaired) electrons. The number of hydrogen-bond donors (Lipinski definition) is 1. The van der Waals surface area contributed by atoms with Crippen molar-refractivity contribution in [2.24, 2.45) is 0 Å². The van der Waals surface area contributed by atoms with E-state index in [0.717, 1.165) is 11.8 Å². The molecule has 0 aliphatic carbocycles. The first-order valence-electron chi connectivity index (χ1n) is 11.8. The van der Waals surface area contributed by atoms with Gasteiger partial charge in [0.05, 0.1) is 11.9 Å². The van der Waals surface area contributed by atoms with Crippen molar-refractivity contribution in [2.75, 3.05) is 17.1 Å². The normalized spacial score (nSPS) is 12.3. The summed E-state index contributed by atoms with van der Waals surface area (Å²) >= 11 is 0. The van der Waals surface area contributed by atoms with Gasteiger partial charge in [-0.2, -0.15) is 0 Å². The number of para-hydroxylation sites is 1. The Labute approximate surface area is 208 Å². The van der Waals surface area contributed by atoms with Crippen LogP contribution in [0.4, 0.5) is 10.1 Å². The summed E-state index contributed by atoms with van der Waals surface area (Å²) < 4.78 is 39.6. The van der Waals surface area contributed by atoms with Gasteiger partial charge in [0, 0.05) is 25.6 Å². The van der Waals surface area contributed by atoms with E-state index in [1.165, 1.54) is 21.3 Å². The van der Waals surface area contributed by atoms with E-state index in [9.17, 15) is 22.4 Å². The predicted octanol–water partition coefficient (Wildman–Crippen LogP) is 4.01. The van der Waals surface area contributed by atoms with Gasteiger partial charge >= 0.3 is 0 Å². The van der Waals surface area contributed by atoms with E-state index in [4.69, 9.17) is 0 Å². The third-order valence-electron chi connectivity index (χ3n) is 5.62. The zero-order valence-corrected chi connectivity index (χ0v) is 21.9. The second-order valence-corrected chi connectivity index (χ2v) is 10.9. The minimum absolute atomic E-state index is 0.0601. The fourth-order valence-corrected chi connectivity index (χ4v) is 4.94. The molecule has 9 heteroatoms. The highest BCUT2D eigenvalue weighted by atomic mass is 32.2. The molecule has 0 spiro atoms. The van der Waals surface area contributed by atoms with E-state index in [2.05, 4.69) is 5.32 Å². The molecular weight excluding hydrogens is 469 g/mol. The first kappa shape index (κ1) is 28.3. The second-order valence-electron chi connectivity index (χ2n) is 8.96. The molecule has 0 saturated carbocycles. The number of anilines is 1. The molecule has 2 aromatic carbocycles. The topological polar surface area (TPSA) is 86.8 Å². The van der Waals surface area contributed by atoms with Gasteiger partial charge in [0.25, 0.3) is 0 Å². The lowest BCUT2D eigenvalue weighted by atomic mass is 10.1. The lowest BCUT2D eigenvalue weighted by Crippen LogP contribution is -2.50. The van der Waals surface area contributed by atoms with Crippen molar-refractivity contribution < 1.29 is 22.4 Å². The average Bonchev–Trinajstić information content (AvgIpc) is 2.77. The van der Waals surface area contributed by atoms with Crippen molar-refractivity contribution in [3.05, 3.63) is 65.5 Å². The maximum atomic E-state index is 13.4. The van der Waals surface area contributed by atoms with Crippen LogP contribution in [-0.4, -0.2) is 50.0 Å². The van der Waals surface area contributed by atoms with Crippen LogP contribution in [0.2, 0.25) is 0 Å². The van der Waals surface area contributed by atoms with E-state index >= 15 is 0 Å². The summed E-state index contributed by atoms with van der Waals surface area (Å²) in [5.74, 6) is -0.901. The van der Waals surface area contributed by atoms with E-state index in [1.807, 2.05) is 39.8 Å². The molecule has 2 rings (SSSR count). The van der Waals surface area contributed by atoms with Crippen LogP contribution >= 0.6 is 0 Å². The van der Waals surface area contributed by atoms with Gasteiger partial charge in [-0.1, -0.05) is 37.3 Å². The smallest absolute Gasteiger partial charge is 0.243 e. The number of rotatable bonds is 12. The first-order chi connectivity index (χ1) is 16.4. The molecular formula is C26H36FN3O4S. The predicted molar refractivity (Wildman–Crippen MR) is 137 cm³/mol. The zero-order chi connectivity index (χ0) is 26.2. The standard InChI is InChI=1S/C26H36FN3O4S/c1-6-23(26(32)28-19(2)3)29(18-21-13-15-22(27)16-14-21)25(31)12-9-17-30(35(5,33)34)24-11-8-7-10-20(24)4/h7-8,10-11,13-16,19,23H,6,9,12,17-18H2,1-5H3,(H,28,32)/t23-/m1/s1. The number of hydrogen-bond acceptors (Lipinski definition) is 4. The van der Waals surface area contributed by atoms with Crippen molar-refractivity contribution in [2.45, 2.75) is 65.6 Å². The Hall–Kier alpha value is -2.94. The Kier molecular flexibility index (Phi) is 10.2. The maximum Gasteiger partial charge on any atom is 0.243 e. The van der Waals surface area contributed by atoms with Gasteiger partial charge in [-0.15, -0.1) is 0 Å². The molecule has 7 nitrogen and oxygen atoms in total. The molecule has 1 atom stereocenters. The molecule has 1 N–H and O–H groups in total. The molecule has 0 aliphatic rings. The summed E-state index contributed by atoms with van der Waals surface area (Å²) in [6.45, 7) is 7.65. The maximum absolute atomic E-state index is 13.4. The Bertz CT molecular complexity index is 1100. The molecule has 2 aromatic rings. The van der Waals surface area contributed by atoms with Crippen molar-refractivity contribution in [1.29, 1.82) is 0 Å². The Morgan fingerprint density at radius 2 is 1.69 bits per heavy atom. The van der Waals surface area contributed by atoms with Crippen LogP contribution in [0.5, 0.6) is 0 Å². The van der Waals surface area contributed by atoms with Crippen LogP contribution in [0.1, 0.15) is 51.2 Å². The highest BCUT2D eigenvalue weighted by Gasteiger charge is 2.29. The molecule has 35 heavy (non-hydrogen) atoms. The highest BCUT2D eigenvalue weighted by Crippen LogP contribution is 2.23. The summed E-state index contributed by atoms with van der Waals surface area (Å²) in [6.07, 6.45) is 1.89. The average molecular weight is 506 g/mol. The molecule has 0 fully saturated rings. The Morgan fingerprint density at radius 1 is 1.06 bits per heavy atom. The number of benzene rings is 2. The van der Waals surface area contributed by atoms with Gasteiger partial charge in [0.15, 0.2) is 0 Å². The first-order valence-corrected chi connectivity index (χ1v) is 13.7. The molecule has 0 aromatic heterocycles. The fraction of sp³-hybridized carbons (Fsp3) is 0.462. The number of aryl methyl sites for hydroxylation is 1. The summed E-state index contributed by atoms with van der Waals surface area (Å²) in [6, 6.07) is 12.2. The SMILES string of the molecule is CC[C@H](C(=O)NC(C)C)N(Cc1ccc(F)cc1)C(=O)CCCN(c1ccccc1C)S(C)(=O)=O.